The number of amides is 2. The second-order valence-electron chi connectivity index (χ2n) is 4.70. The van der Waals surface area contributed by atoms with Crippen molar-refractivity contribution in [1.29, 1.82) is 0 Å². The molecule has 0 spiro atoms. The van der Waals surface area contributed by atoms with Gasteiger partial charge >= 0.3 is 0 Å². The third-order valence-corrected chi connectivity index (χ3v) is 3.85. The van der Waals surface area contributed by atoms with E-state index in [1.165, 1.54) is 0 Å². The predicted molar refractivity (Wildman–Crippen MR) is 87.1 cm³/mol. The van der Waals surface area contributed by atoms with Gasteiger partial charge in [0.25, 0.3) is 5.91 Å². The Hall–Kier alpha value is -2.04. The SMILES string of the molecule is NC(=O)[C@H](Cc1ccccc1Cl)NC(=O)c1ccccc1Cl. The molecule has 2 amide bonds. The van der Waals surface area contributed by atoms with E-state index in [0.29, 0.717) is 10.0 Å². The molecule has 0 heterocycles. The lowest BCUT2D eigenvalue weighted by molar-refractivity contribution is -0.119. The van der Waals surface area contributed by atoms with Crippen molar-refractivity contribution in [3.8, 4) is 0 Å². The van der Waals surface area contributed by atoms with Gasteiger partial charge in [-0.25, -0.2) is 0 Å². The quantitative estimate of drug-likeness (QED) is 0.881. The van der Waals surface area contributed by atoms with Gasteiger partial charge in [0.15, 0.2) is 0 Å². The highest BCUT2D eigenvalue weighted by molar-refractivity contribution is 6.33. The van der Waals surface area contributed by atoms with Crippen molar-refractivity contribution < 1.29 is 9.59 Å². The summed E-state index contributed by atoms with van der Waals surface area (Å²) in [6.45, 7) is 0. The standard InChI is InChI=1S/C16H14Cl2N2O2/c17-12-7-3-1-5-10(12)9-14(15(19)21)20-16(22)11-6-2-4-8-13(11)18/h1-8,14H,9H2,(H2,19,21)(H,20,22)/t14-/m0/s1. The molecule has 0 saturated carbocycles. The van der Waals surface area contributed by atoms with Crippen LogP contribution >= 0.6 is 23.2 Å². The third kappa shape index (κ3) is 4.00. The fraction of sp³-hybridized carbons (Fsp3) is 0.125. The molecule has 6 heteroatoms. The summed E-state index contributed by atoms with van der Waals surface area (Å²) in [6, 6.07) is 12.8. The molecule has 0 saturated heterocycles. The molecule has 0 aromatic heterocycles. The van der Waals surface area contributed by atoms with E-state index in [-0.39, 0.29) is 12.0 Å². The molecule has 0 bridgehead atoms. The number of halogens is 2. The van der Waals surface area contributed by atoms with Gasteiger partial charge in [0.1, 0.15) is 6.04 Å². The molecule has 22 heavy (non-hydrogen) atoms. The van der Waals surface area contributed by atoms with Crippen molar-refractivity contribution >= 4 is 35.0 Å². The van der Waals surface area contributed by atoms with Gasteiger partial charge in [-0.15, -0.1) is 0 Å². The topological polar surface area (TPSA) is 72.2 Å². The first kappa shape index (κ1) is 16.3. The maximum atomic E-state index is 12.2. The van der Waals surface area contributed by atoms with Gasteiger partial charge < -0.3 is 11.1 Å². The molecule has 0 aliphatic heterocycles. The number of rotatable bonds is 5. The number of hydrogen-bond acceptors (Lipinski definition) is 2. The second-order valence-corrected chi connectivity index (χ2v) is 5.52. The molecule has 1 atom stereocenters. The van der Waals surface area contributed by atoms with E-state index in [1.807, 2.05) is 0 Å². The van der Waals surface area contributed by atoms with Crippen LogP contribution < -0.4 is 11.1 Å². The van der Waals surface area contributed by atoms with E-state index in [4.69, 9.17) is 28.9 Å². The van der Waals surface area contributed by atoms with E-state index < -0.39 is 17.9 Å². The Labute approximate surface area is 138 Å². The van der Waals surface area contributed by atoms with Crippen molar-refractivity contribution in [2.45, 2.75) is 12.5 Å². The van der Waals surface area contributed by atoms with Crippen LogP contribution in [0.2, 0.25) is 10.0 Å². The molecule has 2 aromatic carbocycles. The third-order valence-electron chi connectivity index (χ3n) is 3.15. The van der Waals surface area contributed by atoms with E-state index in [2.05, 4.69) is 5.32 Å². The Kier molecular flexibility index (Phi) is 5.41. The van der Waals surface area contributed by atoms with Gasteiger partial charge in [0, 0.05) is 11.4 Å². The monoisotopic (exact) mass is 336 g/mol. The lowest BCUT2D eigenvalue weighted by Gasteiger charge is -2.16. The molecular weight excluding hydrogens is 323 g/mol. The lowest BCUT2D eigenvalue weighted by atomic mass is 10.0. The summed E-state index contributed by atoms with van der Waals surface area (Å²) < 4.78 is 0. The number of carbonyl (C=O) groups excluding carboxylic acids is 2. The number of hydrogen-bond donors (Lipinski definition) is 2. The number of nitrogens with one attached hydrogen (secondary N) is 1. The fourth-order valence-corrected chi connectivity index (χ4v) is 2.42. The van der Waals surface area contributed by atoms with Crippen LogP contribution in [0.15, 0.2) is 48.5 Å². The van der Waals surface area contributed by atoms with Crippen LogP contribution in [-0.4, -0.2) is 17.9 Å². The predicted octanol–water partition coefficient (Wildman–Crippen LogP) is 2.82. The van der Waals surface area contributed by atoms with E-state index in [0.717, 1.165) is 5.56 Å². The molecular formula is C16H14Cl2N2O2. The summed E-state index contributed by atoms with van der Waals surface area (Å²) >= 11 is 12.0. The molecule has 0 aliphatic rings. The molecule has 0 unspecified atom stereocenters. The van der Waals surface area contributed by atoms with E-state index in [1.54, 1.807) is 48.5 Å². The zero-order chi connectivity index (χ0) is 16.1. The summed E-state index contributed by atoms with van der Waals surface area (Å²) in [6.07, 6.45) is 0.213. The van der Waals surface area contributed by atoms with Gasteiger partial charge in [0.05, 0.1) is 10.6 Å². The van der Waals surface area contributed by atoms with Crippen LogP contribution in [0, 0.1) is 0 Å². The average molecular weight is 337 g/mol. The largest absolute Gasteiger partial charge is 0.368 e. The zero-order valence-electron chi connectivity index (χ0n) is 11.6. The summed E-state index contributed by atoms with van der Waals surface area (Å²) in [5, 5.41) is 3.41. The van der Waals surface area contributed by atoms with Gasteiger partial charge in [-0.3, -0.25) is 9.59 Å². The van der Waals surface area contributed by atoms with Crippen LogP contribution in [0.3, 0.4) is 0 Å². The Morgan fingerprint density at radius 1 is 1.00 bits per heavy atom. The zero-order valence-corrected chi connectivity index (χ0v) is 13.1. The summed E-state index contributed by atoms with van der Waals surface area (Å²) in [7, 11) is 0. The number of nitrogens with two attached hydrogens (primary N) is 1. The highest BCUT2D eigenvalue weighted by Crippen LogP contribution is 2.18. The van der Waals surface area contributed by atoms with Crippen molar-refractivity contribution in [3.05, 3.63) is 69.7 Å². The molecule has 0 aliphatic carbocycles. The van der Waals surface area contributed by atoms with Gasteiger partial charge in [-0.1, -0.05) is 53.5 Å². The minimum atomic E-state index is -0.872. The lowest BCUT2D eigenvalue weighted by Crippen LogP contribution is -2.46. The van der Waals surface area contributed by atoms with Crippen molar-refractivity contribution in [2.75, 3.05) is 0 Å². The first-order chi connectivity index (χ1) is 10.5. The molecule has 0 radical (unpaired) electrons. The van der Waals surface area contributed by atoms with Gasteiger partial charge in [-0.2, -0.15) is 0 Å². The highest BCUT2D eigenvalue weighted by Gasteiger charge is 2.21. The van der Waals surface area contributed by atoms with Gasteiger partial charge in [-0.05, 0) is 23.8 Å². The van der Waals surface area contributed by atoms with Crippen molar-refractivity contribution in [3.63, 3.8) is 0 Å². The van der Waals surface area contributed by atoms with Crippen LogP contribution in [0.4, 0.5) is 0 Å². The number of benzene rings is 2. The van der Waals surface area contributed by atoms with E-state index in [9.17, 15) is 9.59 Å². The molecule has 3 N–H and O–H groups in total. The minimum Gasteiger partial charge on any atom is -0.368 e. The summed E-state index contributed by atoms with van der Waals surface area (Å²) in [4.78, 5) is 23.8. The Morgan fingerprint density at radius 3 is 2.18 bits per heavy atom. The van der Waals surface area contributed by atoms with Crippen molar-refractivity contribution in [2.24, 2.45) is 5.73 Å². The Bertz CT molecular complexity index is 704. The second kappa shape index (κ2) is 7.29. The molecule has 114 valence electrons. The molecule has 0 fully saturated rings. The van der Waals surface area contributed by atoms with Crippen LogP contribution in [0.25, 0.3) is 0 Å². The number of carbonyl (C=O) groups is 2. The molecule has 4 nitrogen and oxygen atoms in total. The minimum absolute atomic E-state index is 0.213. The van der Waals surface area contributed by atoms with E-state index >= 15 is 0 Å². The fourth-order valence-electron chi connectivity index (χ4n) is 1.99. The first-order valence-corrected chi connectivity index (χ1v) is 7.32. The van der Waals surface area contributed by atoms with Crippen molar-refractivity contribution in [1.82, 2.24) is 5.32 Å². The summed E-state index contributed by atoms with van der Waals surface area (Å²) in [5.74, 6) is -1.10. The molecule has 2 aromatic rings. The van der Waals surface area contributed by atoms with Crippen LogP contribution in [0.1, 0.15) is 15.9 Å². The van der Waals surface area contributed by atoms with Crippen LogP contribution in [-0.2, 0) is 11.2 Å². The average Bonchev–Trinajstić information content (AvgIpc) is 2.49. The Morgan fingerprint density at radius 2 is 1.59 bits per heavy atom. The Balaban J connectivity index is 2.16. The maximum Gasteiger partial charge on any atom is 0.253 e. The highest BCUT2D eigenvalue weighted by atomic mass is 35.5. The first-order valence-electron chi connectivity index (χ1n) is 6.57. The van der Waals surface area contributed by atoms with Crippen LogP contribution in [0.5, 0.6) is 0 Å². The maximum absolute atomic E-state index is 12.2. The smallest absolute Gasteiger partial charge is 0.253 e. The normalized spacial score (nSPS) is 11.7. The molecule has 2 rings (SSSR count). The van der Waals surface area contributed by atoms with Gasteiger partial charge in [0.2, 0.25) is 5.91 Å². The number of primary amides is 1. The summed E-state index contributed by atoms with van der Waals surface area (Å²) in [5.41, 5.74) is 6.39.